The van der Waals surface area contributed by atoms with Gasteiger partial charge in [0.05, 0.1) is 5.69 Å². The zero-order valence-electron chi connectivity index (χ0n) is 33.9. The maximum absolute atomic E-state index is 6.72. The van der Waals surface area contributed by atoms with Crippen molar-refractivity contribution in [1.29, 1.82) is 0 Å². The molecule has 0 amide bonds. The number of furan rings is 2. The first-order chi connectivity index (χ1) is 31.2. The summed E-state index contributed by atoms with van der Waals surface area (Å²) in [5.74, 6) is 1.65. The molecule has 0 saturated heterocycles. The monoisotopic (exact) mass is 808 g/mol. The Morgan fingerprint density at radius 3 is 1.44 bits per heavy atom. The van der Waals surface area contributed by atoms with E-state index in [9.17, 15) is 0 Å². The molecule has 0 aliphatic carbocycles. The molecule has 0 spiro atoms. The fourth-order valence-corrected chi connectivity index (χ4v) is 8.78. The van der Waals surface area contributed by atoms with E-state index in [0.717, 1.165) is 88.8 Å². The van der Waals surface area contributed by atoms with Crippen molar-refractivity contribution in [2.45, 2.75) is 0 Å². The average Bonchev–Trinajstić information content (AvgIpc) is 3.94. The zero-order valence-corrected chi connectivity index (χ0v) is 33.9. The summed E-state index contributed by atoms with van der Waals surface area (Å²) in [6.45, 7) is 0. The van der Waals surface area contributed by atoms with Gasteiger partial charge in [0.15, 0.2) is 17.5 Å². The van der Waals surface area contributed by atoms with Gasteiger partial charge in [-0.2, -0.15) is 0 Å². The average molecular weight is 809 g/mol. The van der Waals surface area contributed by atoms with E-state index in [1.54, 1.807) is 0 Å². The molecule has 0 N–H and O–H groups in total. The maximum Gasteiger partial charge on any atom is 0.164 e. The van der Waals surface area contributed by atoms with Gasteiger partial charge in [-0.05, 0) is 76.9 Å². The number of rotatable bonds is 8. The second kappa shape index (κ2) is 15.1. The van der Waals surface area contributed by atoms with Crippen molar-refractivity contribution in [3.8, 4) is 56.4 Å². The Morgan fingerprint density at radius 1 is 0.286 bits per heavy atom. The molecule has 0 saturated carbocycles. The van der Waals surface area contributed by atoms with Crippen LogP contribution in [0.2, 0.25) is 0 Å². The Morgan fingerprint density at radius 2 is 0.762 bits per heavy atom. The third-order valence-corrected chi connectivity index (χ3v) is 11.7. The fraction of sp³-hybridized carbons (Fsp3) is 0. The summed E-state index contributed by atoms with van der Waals surface area (Å²) in [6, 6.07) is 75.1. The number of anilines is 3. The second-order valence-electron chi connectivity index (χ2n) is 15.6. The summed E-state index contributed by atoms with van der Waals surface area (Å²) in [7, 11) is 0. The number of hydrogen-bond acceptors (Lipinski definition) is 6. The first kappa shape index (κ1) is 36.3. The summed E-state index contributed by atoms with van der Waals surface area (Å²) in [5, 5.41) is 3.88. The van der Waals surface area contributed by atoms with E-state index in [1.807, 2.05) is 91.0 Å². The molecule has 9 aromatic carbocycles. The number of benzene rings is 9. The predicted octanol–water partition coefficient (Wildman–Crippen LogP) is 15.5. The van der Waals surface area contributed by atoms with E-state index in [-0.39, 0.29) is 0 Å². The van der Waals surface area contributed by atoms with Crippen LogP contribution in [0.25, 0.3) is 100 Å². The molecule has 12 rings (SSSR count). The maximum atomic E-state index is 6.72. The highest BCUT2D eigenvalue weighted by molar-refractivity contribution is 6.14. The molecule has 0 atom stereocenters. The van der Waals surface area contributed by atoms with Crippen LogP contribution in [0.1, 0.15) is 0 Å². The molecule has 0 aliphatic rings. The minimum atomic E-state index is 0.531. The molecule has 63 heavy (non-hydrogen) atoms. The zero-order chi connectivity index (χ0) is 41.7. The summed E-state index contributed by atoms with van der Waals surface area (Å²) < 4.78 is 13.0. The highest BCUT2D eigenvalue weighted by atomic mass is 16.3. The van der Waals surface area contributed by atoms with E-state index in [0.29, 0.717) is 17.5 Å². The lowest BCUT2D eigenvalue weighted by Crippen LogP contribution is -2.10. The van der Waals surface area contributed by atoms with Gasteiger partial charge in [0, 0.05) is 55.7 Å². The molecule has 0 radical (unpaired) electrons. The van der Waals surface area contributed by atoms with Gasteiger partial charge >= 0.3 is 0 Å². The molecule has 3 heterocycles. The minimum absolute atomic E-state index is 0.531. The van der Waals surface area contributed by atoms with Crippen LogP contribution in [0, 0.1) is 0 Å². The quantitative estimate of drug-likeness (QED) is 0.152. The smallest absolute Gasteiger partial charge is 0.164 e. The highest BCUT2D eigenvalue weighted by Crippen LogP contribution is 2.44. The van der Waals surface area contributed by atoms with Gasteiger partial charge in [-0.15, -0.1) is 0 Å². The van der Waals surface area contributed by atoms with Crippen LogP contribution in [0.3, 0.4) is 0 Å². The summed E-state index contributed by atoms with van der Waals surface area (Å²) in [5.41, 5.74) is 13.2. The van der Waals surface area contributed by atoms with Crippen molar-refractivity contribution in [3.05, 3.63) is 218 Å². The van der Waals surface area contributed by atoms with Gasteiger partial charge in [0.2, 0.25) is 0 Å². The van der Waals surface area contributed by atoms with Crippen molar-refractivity contribution < 1.29 is 8.83 Å². The van der Waals surface area contributed by atoms with Crippen molar-refractivity contribution in [3.63, 3.8) is 0 Å². The number of aromatic nitrogens is 3. The lowest BCUT2D eigenvalue weighted by molar-refractivity contribution is 0.668. The summed E-state index contributed by atoms with van der Waals surface area (Å²) in [6.07, 6.45) is 0. The van der Waals surface area contributed by atoms with Gasteiger partial charge in [0.25, 0.3) is 0 Å². The van der Waals surface area contributed by atoms with Crippen molar-refractivity contribution >= 4 is 60.9 Å². The van der Waals surface area contributed by atoms with Crippen LogP contribution in [0.4, 0.5) is 17.1 Å². The molecule has 0 fully saturated rings. The highest BCUT2D eigenvalue weighted by Gasteiger charge is 2.23. The predicted molar refractivity (Wildman–Crippen MR) is 256 cm³/mol. The molecule has 296 valence electrons. The molecular weight excluding hydrogens is 773 g/mol. The summed E-state index contributed by atoms with van der Waals surface area (Å²) >= 11 is 0. The SMILES string of the molecule is c1ccc(-c2cccc(-c3ccc(N(c4ccccc4)c4cc(-c5nc(-c6ccccc6)nc(-c6cccc7oc8ccccc8c67)n5)c5c(c4)oc4ccccc45)cc3)c2)cc1. The van der Waals surface area contributed by atoms with Crippen molar-refractivity contribution in [1.82, 2.24) is 15.0 Å². The number of nitrogens with zero attached hydrogens (tertiary/aromatic N) is 4. The summed E-state index contributed by atoms with van der Waals surface area (Å²) in [4.78, 5) is 18.1. The lowest BCUT2D eigenvalue weighted by atomic mass is 9.98. The normalized spacial score (nSPS) is 11.5. The van der Waals surface area contributed by atoms with Gasteiger partial charge < -0.3 is 13.7 Å². The van der Waals surface area contributed by atoms with Crippen LogP contribution in [0.5, 0.6) is 0 Å². The van der Waals surface area contributed by atoms with Crippen LogP contribution in [-0.2, 0) is 0 Å². The Bertz CT molecular complexity index is 3620. The molecule has 0 bridgehead atoms. The minimum Gasteiger partial charge on any atom is -0.456 e. The molecule has 0 unspecified atom stereocenters. The second-order valence-corrected chi connectivity index (χ2v) is 15.6. The van der Waals surface area contributed by atoms with Gasteiger partial charge in [-0.1, -0.05) is 158 Å². The van der Waals surface area contributed by atoms with E-state index in [2.05, 4.69) is 132 Å². The van der Waals surface area contributed by atoms with Gasteiger partial charge in [-0.25, -0.2) is 15.0 Å². The van der Waals surface area contributed by atoms with Crippen LogP contribution in [0.15, 0.2) is 227 Å². The van der Waals surface area contributed by atoms with E-state index in [1.165, 1.54) is 11.1 Å². The van der Waals surface area contributed by atoms with E-state index in [4.69, 9.17) is 23.8 Å². The van der Waals surface area contributed by atoms with Crippen LogP contribution >= 0.6 is 0 Å². The molecule has 6 nitrogen and oxygen atoms in total. The van der Waals surface area contributed by atoms with Crippen molar-refractivity contribution in [2.24, 2.45) is 0 Å². The number of para-hydroxylation sites is 3. The Balaban J connectivity index is 1.07. The number of hydrogen-bond donors (Lipinski definition) is 0. The molecular formula is C57H36N4O2. The molecule has 12 aromatic rings. The lowest BCUT2D eigenvalue weighted by Gasteiger charge is -2.26. The van der Waals surface area contributed by atoms with Crippen LogP contribution in [-0.4, -0.2) is 15.0 Å². The molecule has 0 aliphatic heterocycles. The topological polar surface area (TPSA) is 68.2 Å². The first-order valence-electron chi connectivity index (χ1n) is 21.0. The van der Waals surface area contributed by atoms with Gasteiger partial charge in [-0.3, -0.25) is 0 Å². The molecule has 3 aromatic heterocycles. The fourth-order valence-electron chi connectivity index (χ4n) is 8.78. The largest absolute Gasteiger partial charge is 0.456 e. The third-order valence-electron chi connectivity index (χ3n) is 11.7. The van der Waals surface area contributed by atoms with Gasteiger partial charge in [0.1, 0.15) is 22.3 Å². The Hall–Kier alpha value is -8.61. The third kappa shape index (κ3) is 6.49. The Labute approximate surface area is 363 Å². The Kier molecular flexibility index (Phi) is 8.71. The van der Waals surface area contributed by atoms with Crippen LogP contribution < -0.4 is 4.90 Å². The first-order valence-corrected chi connectivity index (χ1v) is 21.0. The standard InChI is InChI=1S/C57H36N4O2/c1-4-16-37(17-5-1)40-20-14-21-41(34-40)38-30-32-43(33-31-38)61(42-22-8-3-9-23-42)44-35-48(54-46-25-11-13-28-50(46)63-52(54)36-44)57-59-55(39-18-6-2-7-19-39)58-56(60-57)47-26-15-29-51-53(47)45-24-10-12-27-49(45)62-51/h1-36H. The van der Waals surface area contributed by atoms with Crippen molar-refractivity contribution in [2.75, 3.05) is 4.90 Å². The number of fused-ring (bicyclic) bond motifs is 6. The van der Waals surface area contributed by atoms with E-state index >= 15 is 0 Å². The molecule has 6 heteroatoms. The van der Waals surface area contributed by atoms with E-state index < -0.39 is 0 Å².